The van der Waals surface area contributed by atoms with Crippen LogP contribution >= 0.6 is 27.7 Å². The van der Waals surface area contributed by atoms with Crippen molar-refractivity contribution in [3.05, 3.63) is 98.4 Å². The van der Waals surface area contributed by atoms with Crippen LogP contribution in [-0.4, -0.2) is 28.6 Å². The number of carbonyl (C=O) groups excluding carboxylic acids is 3. The van der Waals surface area contributed by atoms with E-state index in [4.69, 9.17) is 4.74 Å². The predicted octanol–water partition coefficient (Wildman–Crippen LogP) is 6.32. The fraction of sp³-hybridized carbons (Fsp3) is 0.148. The molecule has 1 aliphatic rings. The molecule has 0 bridgehead atoms. The number of anilines is 1. The zero-order valence-corrected chi connectivity index (χ0v) is 21.6. The standard InChI is InChI=1S/C27H23BrN2O4S/c1-17-7-8-18(2)23(13-17)29-25(31)16-34-21-11-9-19(10-12-21)14-24-26(32)30(27(33)35-24)15-20-5-3-4-6-22(20)28/h3-14H,15-16H2,1-2H3,(H,29,31)/b24-14-. The maximum absolute atomic E-state index is 12.8. The number of imide groups is 1. The molecule has 0 aromatic heterocycles. The third-order valence-corrected chi connectivity index (χ3v) is 7.06. The Morgan fingerprint density at radius 2 is 1.80 bits per heavy atom. The van der Waals surface area contributed by atoms with Gasteiger partial charge in [-0.05, 0) is 78.2 Å². The van der Waals surface area contributed by atoms with Gasteiger partial charge in [-0.25, -0.2) is 0 Å². The van der Waals surface area contributed by atoms with Gasteiger partial charge in [-0.2, -0.15) is 0 Å². The Labute approximate surface area is 216 Å². The topological polar surface area (TPSA) is 75.7 Å². The predicted molar refractivity (Wildman–Crippen MR) is 142 cm³/mol. The van der Waals surface area contributed by atoms with E-state index < -0.39 is 0 Å². The minimum absolute atomic E-state index is 0.124. The number of nitrogens with zero attached hydrogens (tertiary/aromatic N) is 1. The van der Waals surface area contributed by atoms with Crippen molar-refractivity contribution in [1.82, 2.24) is 4.90 Å². The number of thioether (sulfide) groups is 1. The molecule has 0 aliphatic carbocycles. The fourth-order valence-electron chi connectivity index (χ4n) is 3.45. The smallest absolute Gasteiger partial charge is 0.293 e. The van der Waals surface area contributed by atoms with E-state index in [1.54, 1.807) is 30.3 Å². The Bertz CT molecular complexity index is 1320. The van der Waals surface area contributed by atoms with Crippen molar-refractivity contribution in [1.29, 1.82) is 0 Å². The average Bonchev–Trinajstić information content (AvgIpc) is 3.09. The molecule has 178 valence electrons. The molecule has 3 amide bonds. The number of aryl methyl sites for hydroxylation is 2. The number of benzene rings is 3. The fourth-order valence-corrected chi connectivity index (χ4v) is 4.70. The average molecular weight is 551 g/mol. The Hall–Kier alpha value is -3.36. The third kappa shape index (κ3) is 6.21. The van der Waals surface area contributed by atoms with Crippen molar-refractivity contribution >= 4 is 56.5 Å². The SMILES string of the molecule is Cc1ccc(C)c(NC(=O)COc2ccc(/C=C3\SC(=O)N(Cc4ccccc4Br)C3=O)cc2)c1. The molecule has 4 rings (SSSR count). The highest BCUT2D eigenvalue weighted by Gasteiger charge is 2.35. The van der Waals surface area contributed by atoms with Crippen LogP contribution in [-0.2, 0) is 16.1 Å². The zero-order valence-electron chi connectivity index (χ0n) is 19.2. The van der Waals surface area contributed by atoms with Crippen LogP contribution in [0.2, 0.25) is 0 Å². The van der Waals surface area contributed by atoms with Crippen LogP contribution in [0, 0.1) is 13.8 Å². The summed E-state index contributed by atoms with van der Waals surface area (Å²) in [7, 11) is 0. The number of carbonyl (C=O) groups is 3. The monoisotopic (exact) mass is 550 g/mol. The molecule has 3 aromatic rings. The van der Waals surface area contributed by atoms with Crippen LogP contribution < -0.4 is 10.1 Å². The molecule has 0 unspecified atom stereocenters. The largest absolute Gasteiger partial charge is 0.484 e. The Morgan fingerprint density at radius 3 is 2.54 bits per heavy atom. The van der Waals surface area contributed by atoms with Gasteiger partial charge in [0.15, 0.2) is 6.61 Å². The lowest BCUT2D eigenvalue weighted by atomic mass is 10.1. The van der Waals surface area contributed by atoms with Crippen LogP contribution in [0.25, 0.3) is 6.08 Å². The third-order valence-electron chi connectivity index (χ3n) is 5.37. The van der Waals surface area contributed by atoms with Crippen molar-refractivity contribution in [3.8, 4) is 5.75 Å². The molecular weight excluding hydrogens is 528 g/mol. The van der Waals surface area contributed by atoms with E-state index in [1.165, 1.54) is 4.90 Å². The van der Waals surface area contributed by atoms with Gasteiger partial charge in [0.2, 0.25) is 0 Å². The van der Waals surface area contributed by atoms with Gasteiger partial charge in [-0.3, -0.25) is 19.3 Å². The summed E-state index contributed by atoms with van der Waals surface area (Å²) >= 11 is 4.38. The van der Waals surface area contributed by atoms with Gasteiger partial charge in [-0.1, -0.05) is 58.4 Å². The van der Waals surface area contributed by atoms with Crippen LogP contribution in [0.5, 0.6) is 5.75 Å². The van der Waals surface area contributed by atoms with Crippen LogP contribution in [0.3, 0.4) is 0 Å². The minimum Gasteiger partial charge on any atom is -0.484 e. The molecule has 1 N–H and O–H groups in total. The molecule has 1 aliphatic heterocycles. The summed E-state index contributed by atoms with van der Waals surface area (Å²) < 4.78 is 6.44. The van der Waals surface area contributed by atoms with Crippen LogP contribution in [0.1, 0.15) is 22.3 Å². The Morgan fingerprint density at radius 1 is 1.06 bits per heavy atom. The molecule has 1 fully saturated rings. The summed E-state index contributed by atoms with van der Waals surface area (Å²) in [5.41, 5.74) is 4.42. The Balaban J connectivity index is 1.35. The van der Waals surface area contributed by atoms with Crippen molar-refractivity contribution < 1.29 is 19.1 Å². The van der Waals surface area contributed by atoms with Crippen molar-refractivity contribution in [2.24, 2.45) is 0 Å². The highest BCUT2D eigenvalue weighted by molar-refractivity contribution is 9.10. The minimum atomic E-state index is -0.320. The van der Waals surface area contributed by atoms with E-state index >= 15 is 0 Å². The number of nitrogens with one attached hydrogen (secondary N) is 1. The van der Waals surface area contributed by atoms with Gasteiger partial charge in [0, 0.05) is 10.2 Å². The number of hydrogen-bond donors (Lipinski definition) is 1. The normalized spacial score (nSPS) is 14.5. The summed E-state index contributed by atoms with van der Waals surface area (Å²) in [6.45, 7) is 3.99. The van der Waals surface area contributed by atoms with E-state index in [2.05, 4.69) is 21.2 Å². The lowest BCUT2D eigenvalue weighted by molar-refractivity contribution is -0.123. The maximum atomic E-state index is 12.8. The van der Waals surface area contributed by atoms with E-state index in [0.29, 0.717) is 10.7 Å². The highest BCUT2D eigenvalue weighted by Crippen LogP contribution is 2.34. The summed E-state index contributed by atoms with van der Waals surface area (Å²) in [5, 5.41) is 2.56. The van der Waals surface area contributed by atoms with Gasteiger partial charge >= 0.3 is 0 Å². The lowest BCUT2D eigenvalue weighted by Crippen LogP contribution is -2.27. The first kappa shape index (κ1) is 24.8. The molecule has 0 spiro atoms. The first-order chi connectivity index (χ1) is 16.8. The highest BCUT2D eigenvalue weighted by atomic mass is 79.9. The number of rotatable bonds is 7. The number of halogens is 1. The molecule has 1 heterocycles. The van der Waals surface area contributed by atoms with Gasteiger partial charge < -0.3 is 10.1 Å². The molecule has 0 atom stereocenters. The van der Waals surface area contributed by atoms with Crippen molar-refractivity contribution in [2.45, 2.75) is 20.4 Å². The molecule has 1 saturated heterocycles. The van der Waals surface area contributed by atoms with E-state index in [0.717, 1.165) is 44.2 Å². The van der Waals surface area contributed by atoms with Crippen molar-refractivity contribution in [2.75, 3.05) is 11.9 Å². The second-order valence-corrected chi connectivity index (χ2v) is 9.93. The maximum Gasteiger partial charge on any atom is 0.293 e. The molecule has 3 aromatic carbocycles. The number of hydrogen-bond acceptors (Lipinski definition) is 5. The molecule has 8 heteroatoms. The lowest BCUT2D eigenvalue weighted by Gasteiger charge is -2.13. The van der Waals surface area contributed by atoms with Gasteiger partial charge in [0.25, 0.3) is 17.1 Å². The van der Waals surface area contributed by atoms with Gasteiger partial charge in [0.1, 0.15) is 5.75 Å². The molecule has 0 saturated carbocycles. The number of amides is 3. The first-order valence-corrected chi connectivity index (χ1v) is 12.5. The summed E-state index contributed by atoms with van der Waals surface area (Å²) in [4.78, 5) is 39.1. The summed E-state index contributed by atoms with van der Waals surface area (Å²) in [6, 6.07) is 20.4. The first-order valence-electron chi connectivity index (χ1n) is 10.9. The van der Waals surface area contributed by atoms with E-state index in [9.17, 15) is 14.4 Å². The summed E-state index contributed by atoms with van der Waals surface area (Å²) in [6.07, 6.45) is 1.68. The van der Waals surface area contributed by atoms with E-state index in [1.807, 2.05) is 56.3 Å². The molecule has 6 nitrogen and oxygen atoms in total. The van der Waals surface area contributed by atoms with Crippen molar-refractivity contribution in [3.63, 3.8) is 0 Å². The van der Waals surface area contributed by atoms with Gasteiger partial charge in [0.05, 0.1) is 11.4 Å². The van der Waals surface area contributed by atoms with Crippen LogP contribution in [0.15, 0.2) is 76.1 Å². The molecule has 0 radical (unpaired) electrons. The summed E-state index contributed by atoms with van der Waals surface area (Å²) in [5.74, 6) is -0.0407. The number of ether oxygens (including phenoxy) is 1. The second-order valence-electron chi connectivity index (χ2n) is 8.08. The molecule has 35 heavy (non-hydrogen) atoms. The quantitative estimate of drug-likeness (QED) is 0.348. The Kier molecular flexibility index (Phi) is 7.73. The van der Waals surface area contributed by atoms with E-state index in [-0.39, 0.29) is 30.2 Å². The van der Waals surface area contributed by atoms with Gasteiger partial charge in [-0.15, -0.1) is 0 Å². The second kappa shape index (κ2) is 10.9. The van der Waals surface area contributed by atoms with Crippen LogP contribution in [0.4, 0.5) is 10.5 Å². The zero-order chi connectivity index (χ0) is 24.9. The molecular formula is C27H23BrN2O4S.